The Bertz CT molecular complexity index is 504. The number of fused-ring (bicyclic) bond motifs is 1. The molecule has 1 aromatic rings. The minimum absolute atomic E-state index is 0.221. The molecule has 0 radical (unpaired) electrons. The number of carboxylic acid groups (broad SMARTS) is 1. The highest BCUT2D eigenvalue weighted by molar-refractivity contribution is 5.88. The molecule has 1 N–H and O–H groups in total. The molecule has 0 atom stereocenters. The Morgan fingerprint density at radius 3 is 2.75 bits per heavy atom. The average molecular weight is 224 g/mol. The van der Waals surface area contributed by atoms with E-state index in [1.54, 1.807) is 6.92 Å². The third-order valence-electron chi connectivity index (χ3n) is 2.74. The van der Waals surface area contributed by atoms with E-state index < -0.39 is 17.6 Å². The van der Waals surface area contributed by atoms with E-state index in [4.69, 9.17) is 5.11 Å². The van der Waals surface area contributed by atoms with Crippen LogP contribution in [0.4, 0.5) is 8.78 Å². The van der Waals surface area contributed by atoms with E-state index in [0.29, 0.717) is 17.6 Å². The minimum Gasteiger partial charge on any atom is -0.481 e. The van der Waals surface area contributed by atoms with Gasteiger partial charge in [-0.25, -0.2) is 8.78 Å². The van der Waals surface area contributed by atoms with Crippen LogP contribution in [0.2, 0.25) is 0 Å². The van der Waals surface area contributed by atoms with Crippen LogP contribution in [0.3, 0.4) is 0 Å². The van der Waals surface area contributed by atoms with Crippen molar-refractivity contribution in [2.24, 2.45) is 0 Å². The fourth-order valence-corrected chi connectivity index (χ4v) is 2.10. The molecule has 16 heavy (non-hydrogen) atoms. The highest BCUT2D eigenvalue weighted by Crippen LogP contribution is 2.36. The Hall–Kier alpha value is -1.71. The van der Waals surface area contributed by atoms with Gasteiger partial charge in [-0.2, -0.15) is 0 Å². The van der Waals surface area contributed by atoms with E-state index in [2.05, 4.69) is 0 Å². The van der Waals surface area contributed by atoms with Crippen molar-refractivity contribution in [1.82, 2.24) is 0 Å². The minimum atomic E-state index is -1.01. The molecule has 2 rings (SSSR count). The third-order valence-corrected chi connectivity index (χ3v) is 2.74. The van der Waals surface area contributed by atoms with Gasteiger partial charge in [-0.1, -0.05) is 5.57 Å². The SMILES string of the molecule is CC1=C(CC(=O)O)c2c(F)cc(F)cc2C1. The maximum Gasteiger partial charge on any atom is 0.307 e. The van der Waals surface area contributed by atoms with Gasteiger partial charge in [0.25, 0.3) is 0 Å². The second kappa shape index (κ2) is 3.70. The Labute approximate surface area is 91.2 Å². The number of hydrogen-bond acceptors (Lipinski definition) is 1. The van der Waals surface area contributed by atoms with Gasteiger partial charge in [0.1, 0.15) is 11.6 Å². The van der Waals surface area contributed by atoms with Gasteiger partial charge in [-0.3, -0.25) is 4.79 Å². The topological polar surface area (TPSA) is 37.3 Å². The molecule has 0 aliphatic heterocycles. The van der Waals surface area contributed by atoms with Crippen LogP contribution < -0.4 is 0 Å². The molecule has 2 nitrogen and oxygen atoms in total. The summed E-state index contributed by atoms with van der Waals surface area (Å²) in [6, 6.07) is 2.05. The highest BCUT2D eigenvalue weighted by atomic mass is 19.1. The summed E-state index contributed by atoms with van der Waals surface area (Å²) in [6.45, 7) is 1.75. The predicted molar refractivity (Wildman–Crippen MR) is 54.9 cm³/mol. The van der Waals surface area contributed by atoms with Crippen LogP contribution in [0.5, 0.6) is 0 Å². The summed E-state index contributed by atoms with van der Waals surface area (Å²) >= 11 is 0. The predicted octanol–water partition coefficient (Wildman–Crippen LogP) is 2.77. The van der Waals surface area contributed by atoms with Gasteiger partial charge in [0, 0.05) is 11.6 Å². The standard InChI is InChI=1S/C12H10F2O2/c1-6-2-7-3-8(13)4-10(14)12(7)9(6)5-11(15)16/h3-4H,2,5H2,1H3,(H,15,16). The van der Waals surface area contributed by atoms with Crippen LogP contribution in [0.1, 0.15) is 24.5 Å². The number of halogens is 2. The summed E-state index contributed by atoms with van der Waals surface area (Å²) in [5.74, 6) is -2.31. The normalized spacial score (nSPS) is 14.2. The summed E-state index contributed by atoms with van der Waals surface area (Å²) in [5.41, 5.74) is 2.06. The number of rotatable bonds is 2. The van der Waals surface area contributed by atoms with Gasteiger partial charge < -0.3 is 5.11 Å². The summed E-state index contributed by atoms with van der Waals surface area (Å²) < 4.78 is 26.5. The van der Waals surface area contributed by atoms with Gasteiger partial charge in [0.2, 0.25) is 0 Å². The zero-order valence-electron chi connectivity index (χ0n) is 8.68. The van der Waals surface area contributed by atoms with Crippen molar-refractivity contribution in [2.75, 3.05) is 0 Å². The van der Waals surface area contributed by atoms with E-state index in [1.165, 1.54) is 6.07 Å². The first-order valence-corrected chi connectivity index (χ1v) is 4.87. The van der Waals surface area contributed by atoms with E-state index in [1.807, 2.05) is 0 Å². The summed E-state index contributed by atoms with van der Waals surface area (Å²) in [5, 5.41) is 8.73. The fourth-order valence-electron chi connectivity index (χ4n) is 2.10. The Balaban J connectivity index is 2.52. The van der Waals surface area contributed by atoms with Crippen molar-refractivity contribution in [3.8, 4) is 0 Å². The van der Waals surface area contributed by atoms with Crippen molar-refractivity contribution in [3.63, 3.8) is 0 Å². The lowest BCUT2D eigenvalue weighted by atomic mass is 10.0. The van der Waals surface area contributed by atoms with Crippen molar-refractivity contribution in [2.45, 2.75) is 19.8 Å². The average Bonchev–Trinajstić information content (AvgIpc) is 2.41. The zero-order chi connectivity index (χ0) is 11.9. The van der Waals surface area contributed by atoms with Gasteiger partial charge in [0.15, 0.2) is 0 Å². The molecular formula is C12H10F2O2. The van der Waals surface area contributed by atoms with Crippen LogP contribution >= 0.6 is 0 Å². The fraction of sp³-hybridized carbons (Fsp3) is 0.250. The van der Waals surface area contributed by atoms with Gasteiger partial charge >= 0.3 is 5.97 Å². The molecule has 0 bridgehead atoms. The van der Waals surface area contributed by atoms with Gasteiger partial charge in [-0.15, -0.1) is 0 Å². The summed E-state index contributed by atoms with van der Waals surface area (Å²) in [7, 11) is 0. The number of allylic oxidation sites excluding steroid dienone is 1. The van der Waals surface area contributed by atoms with Crippen LogP contribution in [0, 0.1) is 11.6 Å². The third kappa shape index (κ3) is 1.71. The van der Waals surface area contributed by atoms with Crippen LogP contribution in [-0.4, -0.2) is 11.1 Å². The molecular weight excluding hydrogens is 214 g/mol. The van der Waals surface area contributed by atoms with E-state index in [-0.39, 0.29) is 12.0 Å². The lowest BCUT2D eigenvalue weighted by Crippen LogP contribution is -1.99. The molecule has 0 heterocycles. The van der Waals surface area contributed by atoms with Crippen LogP contribution in [0.25, 0.3) is 5.57 Å². The zero-order valence-corrected chi connectivity index (χ0v) is 8.68. The molecule has 0 saturated carbocycles. The quantitative estimate of drug-likeness (QED) is 0.838. The first-order valence-electron chi connectivity index (χ1n) is 4.87. The molecule has 1 aliphatic rings. The first-order chi connectivity index (χ1) is 7.49. The van der Waals surface area contributed by atoms with E-state index in [0.717, 1.165) is 11.6 Å². The molecule has 1 aromatic carbocycles. The first kappa shape index (κ1) is 10.8. The smallest absolute Gasteiger partial charge is 0.307 e. The molecule has 0 saturated heterocycles. The second-order valence-electron chi connectivity index (χ2n) is 3.93. The molecule has 84 valence electrons. The molecule has 1 aliphatic carbocycles. The lowest BCUT2D eigenvalue weighted by Gasteiger charge is -2.05. The van der Waals surface area contributed by atoms with Gasteiger partial charge in [0.05, 0.1) is 6.42 Å². The Kier molecular flexibility index (Phi) is 2.50. The lowest BCUT2D eigenvalue weighted by molar-refractivity contribution is -0.135. The van der Waals surface area contributed by atoms with Gasteiger partial charge in [-0.05, 0) is 30.5 Å². The molecule has 0 aromatic heterocycles. The maximum atomic E-state index is 13.6. The number of carboxylic acids is 1. The molecule has 0 amide bonds. The monoisotopic (exact) mass is 224 g/mol. The van der Waals surface area contributed by atoms with Crippen molar-refractivity contribution in [1.29, 1.82) is 0 Å². The second-order valence-corrected chi connectivity index (χ2v) is 3.93. The Morgan fingerprint density at radius 1 is 1.44 bits per heavy atom. The number of aliphatic carboxylic acids is 1. The maximum absolute atomic E-state index is 13.6. The number of benzene rings is 1. The van der Waals surface area contributed by atoms with Crippen LogP contribution in [-0.2, 0) is 11.2 Å². The summed E-state index contributed by atoms with van der Waals surface area (Å²) in [4.78, 5) is 10.7. The highest BCUT2D eigenvalue weighted by Gasteiger charge is 2.24. The van der Waals surface area contributed by atoms with Crippen molar-refractivity contribution in [3.05, 3.63) is 40.5 Å². The summed E-state index contributed by atoms with van der Waals surface area (Å²) in [6.07, 6.45) is 0.202. The van der Waals surface area contributed by atoms with E-state index in [9.17, 15) is 13.6 Å². The van der Waals surface area contributed by atoms with Crippen molar-refractivity contribution >= 4 is 11.5 Å². The molecule has 0 fully saturated rings. The largest absolute Gasteiger partial charge is 0.481 e. The van der Waals surface area contributed by atoms with Crippen LogP contribution in [0.15, 0.2) is 17.7 Å². The molecule has 4 heteroatoms. The molecule has 0 unspecified atom stereocenters. The van der Waals surface area contributed by atoms with Crippen molar-refractivity contribution < 1.29 is 18.7 Å². The van der Waals surface area contributed by atoms with E-state index >= 15 is 0 Å². The number of hydrogen-bond donors (Lipinski definition) is 1. The number of carbonyl (C=O) groups is 1. The molecule has 0 spiro atoms. The Morgan fingerprint density at radius 2 is 2.12 bits per heavy atom.